The number of rotatable bonds is 4. The third-order valence-corrected chi connectivity index (χ3v) is 2.69. The van der Waals surface area contributed by atoms with E-state index in [-0.39, 0.29) is 5.91 Å². The summed E-state index contributed by atoms with van der Waals surface area (Å²) in [4.78, 5) is 11.7. The number of hydrogen-bond acceptors (Lipinski definition) is 2. The van der Waals surface area contributed by atoms with Gasteiger partial charge in [-0.15, -0.1) is 0 Å². The SMILES string of the molecule is Cc1ccccc1O[C@@H](C)C(=O)NC1CC1. The molecule has 86 valence electrons. The molecule has 0 radical (unpaired) electrons. The van der Waals surface area contributed by atoms with Crippen molar-refractivity contribution in [3.63, 3.8) is 0 Å². The second-order valence-electron chi connectivity index (χ2n) is 4.31. The van der Waals surface area contributed by atoms with Gasteiger partial charge in [0.2, 0.25) is 0 Å². The Bertz CT molecular complexity index is 385. The fourth-order valence-electron chi connectivity index (χ4n) is 1.48. The summed E-state index contributed by atoms with van der Waals surface area (Å²) < 4.78 is 5.62. The molecule has 1 saturated carbocycles. The number of nitrogens with one attached hydrogen (secondary N) is 1. The number of benzene rings is 1. The lowest BCUT2D eigenvalue weighted by Crippen LogP contribution is -2.37. The van der Waals surface area contributed by atoms with Crippen LogP contribution in [0.25, 0.3) is 0 Å². The second kappa shape index (κ2) is 4.56. The van der Waals surface area contributed by atoms with Gasteiger partial charge in [0.1, 0.15) is 5.75 Å². The van der Waals surface area contributed by atoms with Crippen molar-refractivity contribution in [3.05, 3.63) is 29.8 Å². The maximum atomic E-state index is 11.7. The summed E-state index contributed by atoms with van der Waals surface area (Å²) in [6.07, 6.45) is 1.77. The molecule has 1 aromatic rings. The molecule has 2 rings (SSSR count). The van der Waals surface area contributed by atoms with E-state index in [0.717, 1.165) is 24.2 Å². The fraction of sp³-hybridized carbons (Fsp3) is 0.462. The molecule has 1 aliphatic carbocycles. The Labute approximate surface area is 95.8 Å². The van der Waals surface area contributed by atoms with Crippen molar-refractivity contribution in [2.75, 3.05) is 0 Å². The van der Waals surface area contributed by atoms with Crippen LogP contribution in [0.5, 0.6) is 5.75 Å². The number of amides is 1. The van der Waals surface area contributed by atoms with Crippen LogP contribution in [0.4, 0.5) is 0 Å². The van der Waals surface area contributed by atoms with E-state index in [1.54, 1.807) is 6.92 Å². The highest BCUT2D eigenvalue weighted by molar-refractivity contribution is 5.81. The van der Waals surface area contributed by atoms with Gasteiger partial charge in [0.15, 0.2) is 6.10 Å². The number of para-hydroxylation sites is 1. The summed E-state index contributed by atoms with van der Waals surface area (Å²) in [7, 11) is 0. The monoisotopic (exact) mass is 219 g/mol. The first-order chi connectivity index (χ1) is 7.66. The highest BCUT2D eigenvalue weighted by atomic mass is 16.5. The van der Waals surface area contributed by atoms with Crippen LogP contribution in [0.3, 0.4) is 0 Å². The van der Waals surface area contributed by atoms with Crippen molar-refractivity contribution in [1.82, 2.24) is 5.32 Å². The zero-order valence-corrected chi connectivity index (χ0v) is 9.69. The third kappa shape index (κ3) is 2.75. The van der Waals surface area contributed by atoms with Crippen molar-refractivity contribution in [2.24, 2.45) is 0 Å². The average molecular weight is 219 g/mol. The molecular formula is C13H17NO2. The molecule has 0 heterocycles. The lowest BCUT2D eigenvalue weighted by atomic mass is 10.2. The first-order valence-electron chi connectivity index (χ1n) is 5.69. The van der Waals surface area contributed by atoms with Gasteiger partial charge in [-0.05, 0) is 38.3 Å². The van der Waals surface area contributed by atoms with Gasteiger partial charge in [0.05, 0.1) is 0 Å². The van der Waals surface area contributed by atoms with Crippen LogP contribution < -0.4 is 10.1 Å². The Kier molecular flexibility index (Phi) is 3.13. The van der Waals surface area contributed by atoms with E-state index < -0.39 is 6.10 Å². The number of ether oxygens (including phenoxy) is 1. The third-order valence-electron chi connectivity index (χ3n) is 2.69. The average Bonchev–Trinajstić information content (AvgIpc) is 3.05. The molecule has 3 nitrogen and oxygen atoms in total. The van der Waals surface area contributed by atoms with Gasteiger partial charge in [0, 0.05) is 6.04 Å². The Hall–Kier alpha value is -1.51. The van der Waals surface area contributed by atoms with Crippen LogP contribution in [0.15, 0.2) is 24.3 Å². The van der Waals surface area contributed by atoms with Crippen molar-refractivity contribution in [2.45, 2.75) is 38.8 Å². The summed E-state index contributed by atoms with van der Waals surface area (Å²) in [5.41, 5.74) is 1.05. The van der Waals surface area contributed by atoms with Gasteiger partial charge in [0.25, 0.3) is 5.91 Å². The first kappa shape index (κ1) is 11.0. The van der Waals surface area contributed by atoms with Crippen molar-refractivity contribution in [3.8, 4) is 5.75 Å². The van der Waals surface area contributed by atoms with Gasteiger partial charge < -0.3 is 10.1 Å². The number of carbonyl (C=O) groups is 1. The molecule has 0 saturated heterocycles. The van der Waals surface area contributed by atoms with Gasteiger partial charge >= 0.3 is 0 Å². The molecule has 0 unspecified atom stereocenters. The van der Waals surface area contributed by atoms with Gasteiger partial charge in [-0.25, -0.2) is 0 Å². The summed E-state index contributed by atoms with van der Waals surface area (Å²) in [5.74, 6) is 0.756. The van der Waals surface area contributed by atoms with E-state index in [0.29, 0.717) is 6.04 Å². The topological polar surface area (TPSA) is 38.3 Å². The highest BCUT2D eigenvalue weighted by Gasteiger charge is 2.26. The highest BCUT2D eigenvalue weighted by Crippen LogP contribution is 2.20. The summed E-state index contributed by atoms with van der Waals surface area (Å²) in [6.45, 7) is 3.75. The van der Waals surface area contributed by atoms with E-state index in [4.69, 9.17) is 4.74 Å². The minimum absolute atomic E-state index is 0.0225. The van der Waals surface area contributed by atoms with Crippen molar-refractivity contribution < 1.29 is 9.53 Å². The van der Waals surface area contributed by atoms with Crippen molar-refractivity contribution >= 4 is 5.91 Å². The Morgan fingerprint density at radius 3 is 2.75 bits per heavy atom. The fourth-order valence-corrected chi connectivity index (χ4v) is 1.48. The van der Waals surface area contributed by atoms with Crippen molar-refractivity contribution in [1.29, 1.82) is 0 Å². The molecule has 0 bridgehead atoms. The Morgan fingerprint density at radius 1 is 1.44 bits per heavy atom. The van der Waals surface area contributed by atoms with Crippen LogP contribution in [0, 0.1) is 6.92 Å². The molecular weight excluding hydrogens is 202 g/mol. The minimum Gasteiger partial charge on any atom is -0.481 e. The summed E-state index contributed by atoms with van der Waals surface area (Å²) in [6, 6.07) is 8.11. The molecule has 1 atom stereocenters. The van der Waals surface area contributed by atoms with E-state index in [9.17, 15) is 4.79 Å². The largest absolute Gasteiger partial charge is 0.481 e. The normalized spacial score (nSPS) is 16.6. The Morgan fingerprint density at radius 2 is 2.12 bits per heavy atom. The zero-order valence-electron chi connectivity index (χ0n) is 9.69. The molecule has 1 amide bonds. The predicted octanol–water partition coefficient (Wildman–Crippen LogP) is 2.04. The Balaban J connectivity index is 1.92. The lowest BCUT2D eigenvalue weighted by Gasteiger charge is -2.15. The quantitative estimate of drug-likeness (QED) is 0.841. The van der Waals surface area contributed by atoms with Crippen LogP contribution in [0.1, 0.15) is 25.3 Å². The zero-order chi connectivity index (χ0) is 11.5. The number of aryl methyl sites for hydroxylation is 1. The molecule has 1 aliphatic rings. The van der Waals surface area contributed by atoms with Crippen LogP contribution in [0.2, 0.25) is 0 Å². The van der Waals surface area contributed by atoms with Crippen LogP contribution in [-0.4, -0.2) is 18.1 Å². The first-order valence-corrected chi connectivity index (χ1v) is 5.69. The minimum atomic E-state index is -0.429. The molecule has 0 aliphatic heterocycles. The van der Waals surface area contributed by atoms with Gasteiger partial charge in [-0.2, -0.15) is 0 Å². The molecule has 1 N–H and O–H groups in total. The summed E-state index contributed by atoms with van der Waals surface area (Å²) >= 11 is 0. The number of carbonyl (C=O) groups excluding carboxylic acids is 1. The number of hydrogen-bond donors (Lipinski definition) is 1. The van der Waals surface area contributed by atoms with Gasteiger partial charge in [-0.3, -0.25) is 4.79 Å². The molecule has 0 aromatic heterocycles. The summed E-state index contributed by atoms with van der Waals surface area (Å²) in [5, 5.41) is 2.93. The molecule has 0 spiro atoms. The molecule has 16 heavy (non-hydrogen) atoms. The van der Waals surface area contributed by atoms with Crippen LogP contribution >= 0.6 is 0 Å². The van der Waals surface area contributed by atoms with E-state index in [2.05, 4.69) is 5.32 Å². The predicted molar refractivity (Wildman–Crippen MR) is 62.4 cm³/mol. The second-order valence-corrected chi connectivity index (χ2v) is 4.31. The lowest BCUT2D eigenvalue weighted by molar-refractivity contribution is -0.127. The van der Waals surface area contributed by atoms with E-state index in [1.165, 1.54) is 0 Å². The maximum Gasteiger partial charge on any atom is 0.260 e. The smallest absolute Gasteiger partial charge is 0.260 e. The van der Waals surface area contributed by atoms with Gasteiger partial charge in [-0.1, -0.05) is 18.2 Å². The molecule has 3 heteroatoms. The van der Waals surface area contributed by atoms with E-state index in [1.807, 2.05) is 31.2 Å². The standard InChI is InChI=1S/C13H17NO2/c1-9-5-3-4-6-12(9)16-10(2)13(15)14-11-7-8-11/h3-6,10-11H,7-8H2,1-2H3,(H,14,15)/t10-/m0/s1. The van der Waals surface area contributed by atoms with E-state index >= 15 is 0 Å². The molecule has 1 aromatic carbocycles. The van der Waals surface area contributed by atoms with Crippen LogP contribution in [-0.2, 0) is 4.79 Å². The molecule has 1 fully saturated rings. The maximum absolute atomic E-state index is 11.7.